The first-order valence-electron chi connectivity index (χ1n) is 5.93. The summed E-state index contributed by atoms with van der Waals surface area (Å²) in [6.07, 6.45) is 3.70. The Morgan fingerprint density at radius 1 is 1.47 bits per heavy atom. The average Bonchev–Trinajstić information content (AvgIpc) is 2.84. The van der Waals surface area contributed by atoms with Crippen LogP contribution in [-0.4, -0.2) is 34.3 Å². The van der Waals surface area contributed by atoms with Gasteiger partial charge in [-0.3, -0.25) is 0 Å². The molecule has 106 valence electrons. The molecule has 0 N–H and O–H groups in total. The van der Waals surface area contributed by atoms with E-state index in [-0.39, 0.29) is 12.1 Å². The molecule has 1 unspecified atom stereocenters. The third kappa shape index (κ3) is 5.97. The van der Waals surface area contributed by atoms with Crippen molar-refractivity contribution < 1.29 is 9.53 Å². The van der Waals surface area contributed by atoms with Crippen LogP contribution in [0.2, 0.25) is 0 Å². The maximum atomic E-state index is 11.5. The van der Waals surface area contributed by atoms with Crippen molar-refractivity contribution in [2.75, 3.05) is 12.0 Å². The van der Waals surface area contributed by atoms with E-state index in [2.05, 4.69) is 23.7 Å². The Labute approximate surface area is 126 Å². The Morgan fingerprint density at radius 2 is 2.16 bits per heavy atom. The molecule has 0 aliphatic rings. The van der Waals surface area contributed by atoms with Gasteiger partial charge in [-0.05, 0) is 19.6 Å². The molecule has 1 rings (SSSR count). The quantitative estimate of drug-likeness (QED) is 0.414. The van der Waals surface area contributed by atoms with Gasteiger partial charge in [0.2, 0.25) is 0 Å². The van der Waals surface area contributed by atoms with E-state index in [9.17, 15) is 4.79 Å². The zero-order valence-electron chi connectivity index (χ0n) is 11.3. The maximum absolute atomic E-state index is 11.5. The topological polar surface area (TPSA) is 52.1 Å². The second kappa shape index (κ2) is 8.60. The molecule has 0 aliphatic carbocycles. The summed E-state index contributed by atoms with van der Waals surface area (Å²) >= 11 is 4.73. The summed E-state index contributed by atoms with van der Waals surface area (Å²) in [4.78, 5) is 11.5. The normalized spacial score (nSPS) is 12.2. The van der Waals surface area contributed by atoms with Gasteiger partial charge in [0, 0.05) is 11.3 Å². The van der Waals surface area contributed by atoms with Gasteiger partial charge >= 0.3 is 5.97 Å². The molecule has 4 nitrogen and oxygen atoms in total. The van der Waals surface area contributed by atoms with Gasteiger partial charge in [-0.15, -0.1) is 10.2 Å². The first-order valence-corrected chi connectivity index (χ1v) is 8.96. The number of esters is 1. The predicted molar refractivity (Wildman–Crippen MR) is 82.0 cm³/mol. The molecule has 0 aliphatic heterocycles. The molecule has 1 aromatic rings. The highest BCUT2D eigenvalue weighted by Crippen LogP contribution is 2.28. The van der Waals surface area contributed by atoms with E-state index in [4.69, 9.17) is 4.74 Å². The van der Waals surface area contributed by atoms with Crippen LogP contribution in [0.3, 0.4) is 0 Å². The molecule has 0 saturated heterocycles. The molecule has 0 fully saturated rings. The van der Waals surface area contributed by atoms with E-state index in [1.165, 1.54) is 0 Å². The van der Waals surface area contributed by atoms with Gasteiger partial charge in [0.15, 0.2) is 8.68 Å². The predicted octanol–water partition coefficient (Wildman–Crippen LogP) is 3.64. The summed E-state index contributed by atoms with van der Waals surface area (Å²) in [6, 6.07) is 0. The number of rotatable bonds is 8. The summed E-state index contributed by atoms with van der Waals surface area (Å²) < 4.78 is 7.27. The number of ether oxygens (including phenoxy) is 1. The fourth-order valence-corrected chi connectivity index (χ4v) is 3.75. The minimum atomic E-state index is -0.318. The molecule has 0 bridgehead atoms. The third-order valence-electron chi connectivity index (χ3n) is 2.19. The van der Waals surface area contributed by atoms with Gasteiger partial charge in [-0.2, -0.15) is 0 Å². The monoisotopic (exact) mass is 318 g/mol. The largest absolute Gasteiger partial charge is 0.458 e. The number of hydrogen-bond acceptors (Lipinski definition) is 7. The lowest BCUT2D eigenvalue weighted by Gasteiger charge is -2.16. The molecule has 0 spiro atoms. The summed E-state index contributed by atoms with van der Waals surface area (Å²) in [5.41, 5.74) is 0.437. The molecule has 1 heterocycles. The van der Waals surface area contributed by atoms with Crippen LogP contribution in [0.15, 0.2) is 20.8 Å². The van der Waals surface area contributed by atoms with Crippen molar-refractivity contribution in [3.05, 3.63) is 12.2 Å². The molecule has 0 saturated carbocycles. The minimum absolute atomic E-state index is 0.0965. The molecule has 19 heavy (non-hydrogen) atoms. The number of thioether (sulfide) groups is 2. The van der Waals surface area contributed by atoms with Gasteiger partial charge in [-0.1, -0.05) is 54.8 Å². The van der Waals surface area contributed by atoms with Crippen molar-refractivity contribution in [1.82, 2.24) is 10.2 Å². The molecular weight excluding hydrogens is 300 g/mol. The molecule has 1 atom stereocenters. The van der Waals surface area contributed by atoms with Gasteiger partial charge in [-0.25, -0.2) is 4.79 Å². The van der Waals surface area contributed by atoms with Crippen LogP contribution in [0, 0.1) is 0 Å². The standard InChI is InChI=1S/C12H18N2O2S3/c1-5-6-9(16-10(15)8(2)3)7-18-12-14-13-11(17-4)19-12/h9H,2,5-7H2,1,3-4H3. The van der Waals surface area contributed by atoms with Crippen molar-refractivity contribution in [3.8, 4) is 0 Å². The second-order valence-electron chi connectivity index (χ2n) is 3.95. The number of aromatic nitrogens is 2. The van der Waals surface area contributed by atoms with Crippen LogP contribution in [-0.2, 0) is 9.53 Å². The van der Waals surface area contributed by atoms with Crippen molar-refractivity contribution in [2.45, 2.75) is 41.5 Å². The lowest BCUT2D eigenvalue weighted by Crippen LogP contribution is -2.20. The van der Waals surface area contributed by atoms with E-state index in [0.717, 1.165) is 21.5 Å². The maximum Gasteiger partial charge on any atom is 0.333 e. The minimum Gasteiger partial charge on any atom is -0.458 e. The zero-order chi connectivity index (χ0) is 14.3. The Hall–Kier alpha value is -0.530. The molecule has 0 aromatic carbocycles. The van der Waals surface area contributed by atoms with Gasteiger partial charge < -0.3 is 4.74 Å². The van der Waals surface area contributed by atoms with E-state index in [1.807, 2.05) is 6.26 Å². The van der Waals surface area contributed by atoms with E-state index < -0.39 is 0 Å². The van der Waals surface area contributed by atoms with Gasteiger partial charge in [0.1, 0.15) is 6.10 Å². The molecule has 0 radical (unpaired) electrons. The van der Waals surface area contributed by atoms with E-state index in [0.29, 0.717) is 11.3 Å². The zero-order valence-corrected chi connectivity index (χ0v) is 13.8. The van der Waals surface area contributed by atoms with E-state index >= 15 is 0 Å². The fraction of sp³-hybridized carbons (Fsp3) is 0.583. The highest BCUT2D eigenvalue weighted by molar-refractivity contribution is 8.03. The SMILES string of the molecule is C=C(C)C(=O)OC(CCC)CSc1nnc(SC)s1. The number of carbonyl (C=O) groups excluding carboxylic acids is 1. The molecule has 1 aromatic heterocycles. The Balaban J connectivity index is 2.48. The first kappa shape index (κ1) is 16.5. The fourth-order valence-electron chi connectivity index (χ4n) is 1.25. The summed E-state index contributed by atoms with van der Waals surface area (Å²) in [6.45, 7) is 7.33. The van der Waals surface area contributed by atoms with E-state index in [1.54, 1.807) is 41.8 Å². The smallest absolute Gasteiger partial charge is 0.333 e. The third-order valence-corrected chi connectivity index (χ3v) is 5.35. The second-order valence-corrected chi connectivity index (χ2v) is 7.24. The Kier molecular flexibility index (Phi) is 7.48. The van der Waals surface area contributed by atoms with Crippen LogP contribution >= 0.6 is 34.9 Å². The molecule has 0 amide bonds. The molecule has 7 heteroatoms. The van der Waals surface area contributed by atoms with Crippen LogP contribution in [0.25, 0.3) is 0 Å². The van der Waals surface area contributed by atoms with Crippen molar-refractivity contribution in [1.29, 1.82) is 0 Å². The Bertz CT molecular complexity index is 434. The van der Waals surface area contributed by atoms with Gasteiger partial charge in [0.05, 0.1) is 0 Å². The lowest BCUT2D eigenvalue weighted by atomic mass is 10.2. The van der Waals surface area contributed by atoms with Crippen LogP contribution in [0.4, 0.5) is 0 Å². The average molecular weight is 318 g/mol. The summed E-state index contributed by atoms with van der Waals surface area (Å²) in [5.74, 6) is 0.386. The van der Waals surface area contributed by atoms with Crippen LogP contribution in [0.1, 0.15) is 26.7 Å². The summed E-state index contributed by atoms with van der Waals surface area (Å²) in [7, 11) is 0. The Morgan fingerprint density at radius 3 is 2.68 bits per heavy atom. The van der Waals surface area contributed by atoms with Gasteiger partial charge in [0.25, 0.3) is 0 Å². The molecular formula is C12H18N2O2S3. The lowest BCUT2D eigenvalue weighted by molar-refractivity contribution is -0.143. The van der Waals surface area contributed by atoms with Crippen molar-refractivity contribution in [2.24, 2.45) is 0 Å². The highest BCUT2D eigenvalue weighted by Gasteiger charge is 2.16. The highest BCUT2D eigenvalue weighted by atomic mass is 32.2. The van der Waals surface area contributed by atoms with Crippen LogP contribution in [0.5, 0.6) is 0 Å². The number of hydrogen-bond donors (Lipinski definition) is 0. The number of nitrogens with zero attached hydrogens (tertiary/aromatic N) is 2. The van der Waals surface area contributed by atoms with Crippen molar-refractivity contribution >= 4 is 40.8 Å². The summed E-state index contributed by atoms with van der Waals surface area (Å²) in [5, 5.41) is 8.12. The van der Waals surface area contributed by atoms with Crippen LogP contribution < -0.4 is 0 Å². The number of carbonyl (C=O) groups is 1. The van der Waals surface area contributed by atoms with Crippen molar-refractivity contribution in [3.63, 3.8) is 0 Å². The first-order chi connectivity index (χ1) is 9.06.